The molecule has 0 amide bonds. The molecule has 1 unspecified atom stereocenters. The van der Waals surface area contributed by atoms with Crippen molar-refractivity contribution in [2.45, 2.75) is 52.0 Å². The highest BCUT2D eigenvalue weighted by Gasteiger charge is 2.19. The normalized spacial score (nSPS) is 19.7. The van der Waals surface area contributed by atoms with Gasteiger partial charge in [-0.15, -0.1) is 0 Å². The quantitative estimate of drug-likeness (QED) is 0.680. The van der Waals surface area contributed by atoms with Gasteiger partial charge in [0.1, 0.15) is 0 Å². The van der Waals surface area contributed by atoms with E-state index in [0.29, 0.717) is 6.04 Å². The van der Waals surface area contributed by atoms with E-state index >= 15 is 0 Å². The molecule has 0 aliphatic heterocycles. The van der Waals surface area contributed by atoms with Gasteiger partial charge in [-0.3, -0.25) is 0 Å². The van der Waals surface area contributed by atoms with E-state index in [4.69, 9.17) is 5.73 Å². The van der Waals surface area contributed by atoms with Crippen LogP contribution in [-0.2, 0) is 0 Å². The second-order valence-corrected chi connectivity index (χ2v) is 4.81. The van der Waals surface area contributed by atoms with Gasteiger partial charge in [0, 0.05) is 12.6 Å². The molecule has 0 aromatic rings. The van der Waals surface area contributed by atoms with Crippen LogP contribution in [0.15, 0.2) is 0 Å². The molecule has 1 rings (SSSR count). The van der Waals surface area contributed by atoms with Gasteiger partial charge in [0.25, 0.3) is 0 Å². The van der Waals surface area contributed by atoms with Crippen molar-refractivity contribution in [3.05, 3.63) is 0 Å². The standard InChI is InChI=1S/C12H26N2/c1-3-14(9-5-6-11(2)13)10-12-7-4-8-12/h11-12H,3-10,13H2,1-2H3. The summed E-state index contributed by atoms with van der Waals surface area (Å²) in [4.78, 5) is 2.59. The summed E-state index contributed by atoms with van der Waals surface area (Å²) in [6, 6.07) is 0.373. The lowest BCUT2D eigenvalue weighted by atomic mass is 9.85. The highest BCUT2D eigenvalue weighted by atomic mass is 15.1. The Labute approximate surface area is 88.8 Å². The predicted octanol–water partition coefficient (Wildman–Crippen LogP) is 2.24. The molecule has 0 saturated heterocycles. The highest BCUT2D eigenvalue weighted by molar-refractivity contribution is 4.73. The van der Waals surface area contributed by atoms with Crippen molar-refractivity contribution in [1.82, 2.24) is 4.90 Å². The van der Waals surface area contributed by atoms with Crippen molar-refractivity contribution in [3.8, 4) is 0 Å². The Kier molecular flexibility index (Phi) is 5.49. The van der Waals surface area contributed by atoms with Crippen LogP contribution in [0.3, 0.4) is 0 Å². The van der Waals surface area contributed by atoms with Gasteiger partial charge in [0.2, 0.25) is 0 Å². The van der Waals surface area contributed by atoms with Gasteiger partial charge in [0.05, 0.1) is 0 Å². The molecule has 2 nitrogen and oxygen atoms in total. The Morgan fingerprint density at radius 3 is 2.57 bits per heavy atom. The summed E-state index contributed by atoms with van der Waals surface area (Å²) < 4.78 is 0. The number of nitrogens with zero attached hydrogens (tertiary/aromatic N) is 1. The SMILES string of the molecule is CCN(CCCC(C)N)CC1CCC1. The molecule has 0 spiro atoms. The number of hydrogen-bond donors (Lipinski definition) is 1. The summed E-state index contributed by atoms with van der Waals surface area (Å²) in [5.41, 5.74) is 5.74. The van der Waals surface area contributed by atoms with E-state index in [1.807, 2.05) is 0 Å². The molecule has 0 aromatic heterocycles. The highest BCUT2D eigenvalue weighted by Crippen LogP contribution is 2.27. The zero-order valence-electron chi connectivity index (χ0n) is 9.84. The third-order valence-corrected chi connectivity index (χ3v) is 3.32. The minimum absolute atomic E-state index is 0.373. The molecular formula is C12H26N2. The zero-order valence-corrected chi connectivity index (χ0v) is 9.84. The topological polar surface area (TPSA) is 29.3 Å². The van der Waals surface area contributed by atoms with Gasteiger partial charge in [-0.2, -0.15) is 0 Å². The molecule has 0 radical (unpaired) electrons. The van der Waals surface area contributed by atoms with Crippen molar-refractivity contribution in [1.29, 1.82) is 0 Å². The first-order valence-corrected chi connectivity index (χ1v) is 6.20. The van der Waals surface area contributed by atoms with E-state index in [0.717, 1.165) is 5.92 Å². The van der Waals surface area contributed by atoms with Crippen LogP contribution in [-0.4, -0.2) is 30.6 Å². The Bertz CT molecular complexity index is 141. The van der Waals surface area contributed by atoms with Crippen molar-refractivity contribution >= 4 is 0 Å². The Balaban J connectivity index is 2.04. The lowest BCUT2D eigenvalue weighted by Crippen LogP contribution is -2.33. The van der Waals surface area contributed by atoms with E-state index < -0.39 is 0 Å². The maximum Gasteiger partial charge on any atom is 0.00109 e. The summed E-state index contributed by atoms with van der Waals surface area (Å²) in [5, 5.41) is 0. The summed E-state index contributed by atoms with van der Waals surface area (Å²) >= 11 is 0. The molecule has 84 valence electrons. The average Bonchev–Trinajstić information content (AvgIpc) is 2.07. The Morgan fingerprint density at radius 1 is 1.43 bits per heavy atom. The van der Waals surface area contributed by atoms with Crippen LogP contribution in [0, 0.1) is 5.92 Å². The lowest BCUT2D eigenvalue weighted by Gasteiger charge is -2.31. The Hall–Kier alpha value is -0.0800. The molecular weight excluding hydrogens is 172 g/mol. The number of hydrogen-bond acceptors (Lipinski definition) is 2. The van der Waals surface area contributed by atoms with Crippen molar-refractivity contribution in [3.63, 3.8) is 0 Å². The molecule has 2 heteroatoms. The van der Waals surface area contributed by atoms with Crippen LogP contribution in [0.25, 0.3) is 0 Å². The van der Waals surface area contributed by atoms with Crippen molar-refractivity contribution in [2.75, 3.05) is 19.6 Å². The second kappa shape index (κ2) is 6.41. The van der Waals surface area contributed by atoms with E-state index in [1.54, 1.807) is 0 Å². The van der Waals surface area contributed by atoms with Gasteiger partial charge >= 0.3 is 0 Å². The minimum atomic E-state index is 0.373. The van der Waals surface area contributed by atoms with Crippen LogP contribution in [0.2, 0.25) is 0 Å². The van der Waals surface area contributed by atoms with Crippen LogP contribution in [0.1, 0.15) is 46.0 Å². The van der Waals surface area contributed by atoms with Gasteiger partial charge in [-0.25, -0.2) is 0 Å². The molecule has 1 aliphatic carbocycles. The van der Waals surface area contributed by atoms with Gasteiger partial charge in [-0.1, -0.05) is 13.3 Å². The third-order valence-electron chi connectivity index (χ3n) is 3.32. The minimum Gasteiger partial charge on any atom is -0.328 e. The average molecular weight is 198 g/mol. The monoisotopic (exact) mass is 198 g/mol. The Morgan fingerprint density at radius 2 is 2.14 bits per heavy atom. The molecule has 1 saturated carbocycles. The number of rotatable bonds is 7. The summed E-state index contributed by atoms with van der Waals surface area (Å²) in [7, 11) is 0. The fraction of sp³-hybridized carbons (Fsp3) is 1.00. The summed E-state index contributed by atoms with van der Waals surface area (Å²) in [6.45, 7) is 8.15. The maximum absolute atomic E-state index is 5.74. The van der Waals surface area contributed by atoms with E-state index in [2.05, 4.69) is 18.7 Å². The molecule has 0 bridgehead atoms. The first kappa shape index (κ1) is 12.0. The van der Waals surface area contributed by atoms with Crippen LogP contribution < -0.4 is 5.73 Å². The van der Waals surface area contributed by atoms with Crippen molar-refractivity contribution in [2.24, 2.45) is 11.7 Å². The summed E-state index contributed by atoms with van der Waals surface area (Å²) in [5.74, 6) is 1.00. The lowest BCUT2D eigenvalue weighted by molar-refractivity contribution is 0.181. The van der Waals surface area contributed by atoms with E-state index in [9.17, 15) is 0 Å². The summed E-state index contributed by atoms with van der Waals surface area (Å²) in [6.07, 6.45) is 6.81. The molecule has 2 N–H and O–H groups in total. The molecule has 14 heavy (non-hydrogen) atoms. The second-order valence-electron chi connectivity index (χ2n) is 4.81. The van der Waals surface area contributed by atoms with Gasteiger partial charge in [-0.05, 0) is 51.6 Å². The third kappa shape index (κ3) is 4.43. The largest absolute Gasteiger partial charge is 0.328 e. The number of nitrogens with two attached hydrogens (primary N) is 1. The van der Waals surface area contributed by atoms with Crippen LogP contribution >= 0.6 is 0 Å². The molecule has 0 aromatic carbocycles. The first-order valence-electron chi connectivity index (χ1n) is 6.20. The van der Waals surface area contributed by atoms with E-state index in [-0.39, 0.29) is 0 Å². The van der Waals surface area contributed by atoms with Gasteiger partial charge in [0.15, 0.2) is 0 Å². The molecule has 0 heterocycles. The maximum atomic E-state index is 5.74. The van der Waals surface area contributed by atoms with Gasteiger partial charge < -0.3 is 10.6 Å². The fourth-order valence-corrected chi connectivity index (χ4v) is 2.06. The molecule has 1 fully saturated rings. The zero-order chi connectivity index (χ0) is 10.4. The van der Waals surface area contributed by atoms with Crippen LogP contribution in [0.4, 0.5) is 0 Å². The first-order chi connectivity index (χ1) is 6.72. The predicted molar refractivity (Wildman–Crippen MR) is 62.3 cm³/mol. The smallest absolute Gasteiger partial charge is 0.00109 e. The van der Waals surface area contributed by atoms with Crippen molar-refractivity contribution < 1.29 is 0 Å². The van der Waals surface area contributed by atoms with E-state index in [1.165, 1.54) is 51.7 Å². The van der Waals surface area contributed by atoms with Crippen LogP contribution in [0.5, 0.6) is 0 Å². The molecule has 1 aliphatic rings. The fourth-order valence-electron chi connectivity index (χ4n) is 2.06. The molecule has 1 atom stereocenters.